The molecule has 0 saturated carbocycles. The SMILES string of the molecule is COc1ccccc1C1(O)CCN(CC(O)c2ccc3c(c2)CCN3S(C)(=O)=O)CC1. The average molecular weight is 447 g/mol. The highest BCUT2D eigenvalue weighted by molar-refractivity contribution is 7.92. The third-order valence-corrected chi connectivity index (χ3v) is 7.64. The van der Waals surface area contributed by atoms with Crippen LogP contribution >= 0.6 is 0 Å². The van der Waals surface area contributed by atoms with E-state index in [2.05, 4.69) is 4.90 Å². The van der Waals surface area contributed by atoms with Crippen LogP contribution in [-0.2, 0) is 22.0 Å². The van der Waals surface area contributed by atoms with Crippen LogP contribution in [0.2, 0.25) is 0 Å². The summed E-state index contributed by atoms with van der Waals surface area (Å²) in [6.45, 7) is 2.24. The largest absolute Gasteiger partial charge is 0.496 e. The van der Waals surface area contributed by atoms with Crippen molar-refractivity contribution in [3.05, 3.63) is 59.2 Å². The summed E-state index contributed by atoms with van der Waals surface area (Å²) in [6.07, 6.45) is 2.32. The number of para-hydroxylation sites is 1. The molecule has 1 atom stereocenters. The number of hydrogen-bond donors (Lipinski definition) is 2. The molecule has 1 unspecified atom stereocenters. The molecule has 0 spiro atoms. The maximum atomic E-state index is 11.9. The third-order valence-electron chi connectivity index (χ3n) is 6.46. The first-order valence-electron chi connectivity index (χ1n) is 10.6. The monoisotopic (exact) mass is 446 g/mol. The molecule has 2 heterocycles. The van der Waals surface area contributed by atoms with E-state index in [4.69, 9.17) is 4.74 Å². The Morgan fingerprint density at radius 2 is 1.84 bits per heavy atom. The van der Waals surface area contributed by atoms with Gasteiger partial charge in [-0.1, -0.05) is 30.3 Å². The van der Waals surface area contributed by atoms with E-state index >= 15 is 0 Å². The van der Waals surface area contributed by atoms with E-state index in [1.807, 2.05) is 36.4 Å². The Morgan fingerprint density at radius 1 is 1.13 bits per heavy atom. The molecule has 8 heteroatoms. The van der Waals surface area contributed by atoms with Crippen LogP contribution in [0, 0.1) is 0 Å². The van der Waals surface area contributed by atoms with Gasteiger partial charge in [0.25, 0.3) is 0 Å². The molecule has 2 aromatic rings. The van der Waals surface area contributed by atoms with Gasteiger partial charge in [-0.05, 0) is 42.5 Å². The van der Waals surface area contributed by atoms with Crippen molar-refractivity contribution in [1.29, 1.82) is 0 Å². The van der Waals surface area contributed by atoms with Gasteiger partial charge in [-0.25, -0.2) is 8.42 Å². The van der Waals surface area contributed by atoms with E-state index in [0.717, 1.165) is 16.7 Å². The van der Waals surface area contributed by atoms with Gasteiger partial charge in [-0.2, -0.15) is 0 Å². The number of nitrogens with zero attached hydrogens (tertiary/aromatic N) is 2. The van der Waals surface area contributed by atoms with Crippen molar-refractivity contribution < 1.29 is 23.4 Å². The summed E-state index contributed by atoms with van der Waals surface area (Å²) in [5.74, 6) is 0.694. The molecule has 0 bridgehead atoms. The zero-order valence-corrected chi connectivity index (χ0v) is 18.8. The lowest BCUT2D eigenvalue weighted by atomic mass is 9.83. The van der Waals surface area contributed by atoms with E-state index in [-0.39, 0.29) is 0 Å². The summed E-state index contributed by atoms with van der Waals surface area (Å²) in [7, 11) is -1.67. The van der Waals surface area contributed by atoms with E-state index in [1.165, 1.54) is 10.6 Å². The first-order valence-corrected chi connectivity index (χ1v) is 12.4. The maximum absolute atomic E-state index is 11.9. The van der Waals surface area contributed by atoms with E-state index in [0.29, 0.717) is 56.9 Å². The second-order valence-corrected chi connectivity index (χ2v) is 10.4. The average Bonchev–Trinajstić information content (AvgIpc) is 3.19. The van der Waals surface area contributed by atoms with Gasteiger partial charge in [0.1, 0.15) is 5.75 Å². The van der Waals surface area contributed by atoms with Crippen LogP contribution in [0.25, 0.3) is 0 Å². The van der Waals surface area contributed by atoms with Crippen LogP contribution in [0.3, 0.4) is 0 Å². The minimum atomic E-state index is -3.28. The Hall–Kier alpha value is -2.13. The number of β-amino-alcohol motifs (C(OH)–C–C–N with tert-alkyl or cyclic N) is 1. The number of aliphatic hydroxyl groups excluding tert-OH is 1. The minimum absolute atomic E-state index is 0.446. The molecule has 0 amide bonds. The predicted molar refractivity (Wildman–Crippen MR) is 120 cm³/mol. The zero-order valence-electron chi connectivity index (χ0n) is 18.0. The second kappa shape index (κ2) is 8.43. The summed E-state index contributed by atoms with van der Waals surface area (Å²) < 4.78 is 30.7. The van der Waals surface area contributed by atoms with Gasteiger partial charge < -0.3 is 19.8 Å². The molecule has 7 nitrogen and oxygen atoms in total. The molecule has 2 aliphatic heterocycles. The second-order valence-electron chi connectivity index (χ2n) is 8.52. The molecule has 0 aliphatic carbocycles. The molecule has 31 heavy (non-hydrogen) atoms. The molecular weight excluding hydrogens is 416 g/mol. The van der Waals surface area contributed by atoms with Gasteiger partial charge in [-0.15, -0.1) is 0 Å². The zero-order chi connectivity index (χ0) is 22.2. The highest BCUT2D eigenvalue weighted by Gasteiger charge is 2.36. The predicted octanol–water partition coefficient (Wildman–Crippen LogP) is 2.03. The van der Waals surface area contributed by atoms with Gasteiger partial charge in [0.2, 0.25) is 10.0 Å². The van der Waals surface area contributed by atoms with Crippen LogP contribution in [0.5, 0.6) is 5.75 Å². The van der Waals surface area contributed by atoms with Crippen LogP contribution in [0.1, 0.15) is 35.6 Å². The van der Waals surface area contributed by atoms with Gasteiger partial charge in [0, 0.05) is 31.7 Å². The van der Waals surface area contributed by atoms with Crippen LogP contribution in [0.15, 0.2) is 42.5 Å². The van der Waals surface area contributed by atoms with Crippen molar-refractivity contribution >= 4 is 15.7 Å². The summed E-state index contributed by atoms with van der Waals surface area (Å²) >= 11 is 0. The van der Waals surface area contributed by atoms with Gasteiger partial charge >= 0.3 is 0 Å². The quantitative estimate of drug-likeness (QED) is 0.706. The summed E-state index contributed by atoms with van der Waals surface area (Å²) in [6, 6.07) is 13.1. The molecule has 0 aromatic heterocycles. The first kappa shape index (κ1) is 22.1. The minimum Gasteiger partial charge on any atom is -0.496 e. The lowest BCUT2D eigenvalue weighted by molar-refractivity contribution is -0.0358. The number of piperidine rings is 1. The van der Waals surface area contributed by atoms with Gasteiger partial charge in [0.15, 0.2) is 0 Å². The number of sulfonamides is 1. The fraction of sp³-hybridized carbons (Fsp3) is 0.478. The first-order chi connectivity index (χ1) is 14.7. The summed E-state index contributed by atoms with van der Waals surface area (Å²) in [5, 5.41) is 22.0. The molecule has 0 radical (unpaired) electrons. The molecule has 2 aliphatic rings. The van der Waals surface area contributed by atoms with Crippen LogP contribution in [0.4, 0.5) is 5.69 Å². The normalized spacial score (nSPS) is 19.8. The standard InChI is InChI=1S/C23H30N2O5S/c1-30-22-6-4-3-5-19(22)23(27)10-13-24(14-11-23)16-21(26)18-7-8-20-17(15-18)9-12-25(20)31(2,28)29/h3-8,15,21,26-27H,9-14,16H2,1-2H3. The fourth-order valence-corrected chi connectivity index (χ4v) is 5.66. The Morgan fingerprint density at radius 3 is 2.52 bits per heavy atom. The number of methoxy groups -OCH3 is 1. The van der Waals surface area contributed by atoms with E-state index in [9.17, 15) is 18.6 Å². The van der Waals surface area contributed by atoms with Crippen molar-refractivity contribution in [2.75, 3.05) is 43.8 Å². The highest BCUT2D eigenvalue weighted by atomic mass is 32.2. The lowest BCUT2D eigenvalue weighted by Gasteiger charge is -2.39. The number of benzene rings is 2. The van der Waals surface area contributed by atoms with Crippen LogP contribution < -0.4 is 9.04 Å². The third kappa shape index (κ3) is 4.43. The molecule has 1 fully saturated rings. The number of anilines is 1. The van der Waals surface area contributed by atoms with Gasteiger partial charge in [0.05, 0.1) is 30.8 Å². The van der Waals surface area contributed by atoms with Gasteiger partial charge in [-0.3, -0.25) is 4.31 Å². The number of ether oxygens (including phenoxy) is 1. The van der Waals surface area contributed by atoms with Crippen LogP contribution in [-0.4, -0.2) is 63.1 Å². The topological polar surface area (TPSA) is 90.3 Å². The van der Waals surface area contributed by atoms with Crippen molar-refractivity contribution in [3.8, 4) is 5.75 Å². The van der Waals surface area contributed by atoms with Crippen molar-refractivity contribution in [3.63, 3.8) is 0 Å². The molecule has 2 N–H and O–H groups in total. The van der Waals surface area contributed by atoms with E-state index < -0.39 is 21.7 Å². The number of fused-ring (bicyclic) bond motifs is 1. The van der Waals surface area contributed by atoms with Crippen molar-refractivity contribution in [2.24, 2.45) is 0 Å². The highest BCUT2D eigenvalue weighted by Crippen LogP contribution is 2.38. The molecular formula is C23H30N2O5S. The Labute approximate surface area is 183 Å². The molecule has 1 saturated heterocycles. The number of rotatable bonds is 6. The maximum Gasteiger partial charge on any atom is 0.232 e. The summed E-state index contributed by atoms with van der Waals surface area (Å²) in [4.78, 5) is 2.16. The Bertz CT molecular complexity index is 1050. The lowest BCUT2D eigenvalue weighted by Crippen LogP contribution is -2.44. The molecule has 2 aromatic carbocycles. The molecule has 168 valence electrons. The fourth-order valence-electron chi connectivity index (χ4n) is 4.70. The van der Waals surface area contributed by atoms with Crippen molar-refractivity contribution in [1.82, 2.24) is 4.90 Å². The summed E-state index contributed by atoms with van der Waals surface area (Å²) in [5.41, 5.74) is 2.33. The Kier molecular flexibility index (Phi) is 6.00. The van der Waals surface area contributed by atoms with E-state index in [1.54, 1.807) is 13.2 Å². The Balaban J connectivity index is 1.40. The smallest absolute Gasteiger partial charge is 0.232 e. The number of hydrogen-bond acceptors (Lipinski definition) is 6. The van der Waals surface area contributed by atoms with Crippen molar-refractivity contribution in [2.45, 2.75) is 31.0 Å². The molecule has 4 rings (SSSR count). The number of likely N-dealkylation sites (tertiary alicyclic amines) is 1. The number of aliphatic hydroxyl groups is 2.